The summed E-state index contributed by atoms with van der Waals surface area (Å²) in [6.45, 7) is 1.92. The van der Waals surface area contributed by atoms with Crippen LogP contribution in [0, 0.1) is 5.92 Å². The molecular formula is C9H16BrNOS. The Bertz CT molecular complexity index is 177. The van der Waals surface area contributed by atoms with Crippen LogP contribution in [0.5, 0.6) is 0 Å². The monoisotopic (exact) mass is 265 g/mol. The third kappa shape index (κ3) is 3.50. The van der Waals surface area contributed by atoms with Crippen molar-refractivity contribution in [2.75, 3.05) is 30.4 Å². The van der Waals surface area contributed by atoms with Gasteiger partial charge in [0.2, 0.25) is 5.91 Å². The number of nitrogens with zero attached hydrogens (tertiary/aromatic N) is 1. The van der Waals surface area contributed by atoms with Gasteiger partial charge in [-0.25, -0.2) is 0 Å². The standard InChI is InChI=1S/C9H16BrNOS/c1-13-5-3-9(12)11-4-2-8(6-10)7-11/h8H,2-7H2,1H3. The van der Waals surface area contributed by atoms with Gasteiger partial charge in [-0.05, 0) is 18.6 Å². The molecule has 1 fully saturated rings. The maximum Gasteiger partial charge on any atom is 0.223 e. The molecule has 0 aliphatic carbocycles. The van der Waals surface area contributed by atoms with Gasteiger partial charge in [-0.15, -0.1) is 0 Å². The molecule has 76 valence electrons. The lowest BCUT2D eigenvalue weighted by atomic mass is 10.2. The van der Waals surface area contributed by atoms with Gasteiger partial charge in [0, 0.05) is 30.6 Å². The summed E-state index contributed by atoms with van der Waals surface area (Å²) >= 11 is 5.20. The first kappa shape index (κ1) is 11.4. The second kappa shape index (κ2) is 5.91. The Balaban J connectivity index is 2.25. The number of carbonyl (C=O) groups excluding carboxylic acids is 1. The Morgan fingerprint density at radius 3 is 3.00 bits per heavy atom. The first-order valence-corrected chi connectivity index (χ1v) is 7.12. The van der Waals surface area contributed by atoms with Crippen molar-refractivity contribution in [3.05, 3.63) is 0 Å². The van der Waals surface area contributed by atoms with Gasteiger partial charge in [0.1, 0.15) is 0 Å². The summed E-state index contributed by atoms with van der Waals surface area (Å²) in [5.41, 5.74) is 0. The van der Waals surface area contributed by atoms with Crippen LogP contribution in [-0.4, -0.2) is 41.2 Å². The van der Waals surface area contributed by atoms with E-state index in [2.05, 4.69) is 15.9 Å². The number of amides is 1. The minimum atomic E-state index is 0.331. The van der Waals surface area contributed by atoms with Crippen LogP contribution in [-0.2, 0) is 4.79 Å². The molecule has 1 rings (SSSR count). The first-order chi connectivity index (χ1) is 6.27. The molecule has 0 aromatic rings. The molecule has 2 nitrogen and oxygen atoms in total. The van der Waals surface area contributed by atoms with Crippen LogP contribution in [0.15, 0.2) is 0 Å². The summed E-state index contributed by atoms with van der Waals surface area (Å²) in [5.74, 6) is 1.96. The summed E-state index contributed by atoms with van der Waals surface area (Å²) in [6, 6.07) is 0. The topological polar surface area (TPSA) is 20.3 Å². The van der Waals surface area contributed by atoms with Crippen LogP contribution >= 0.6 is 27.7 Å². The molecular weight excluding hydrogens is 250 g/mol. The summed E-state index contributed by atoms with van der Waals surface area (Å²) in [4.78, 5) is 13.6. The summed E-state index contributed by atoms with van der Waals surface area (Å²) in [7, 11) is 0. The smallest absolute Gasteiger partial charge is 0.223 e. The molecule has 0 aromatic carbocycles. The average molecular weight is 266 g/mol. The Labute approximate surface area is 92.6 Å². The second-order valence-corrected chi connectivity index (χ2v) is 5.02. The third-order valence-electron chi connectivity index (χ3n) is 2.38. The highest BCUT2D eigenvalue weighted by atomic mass is 79.9. The number of rotatable bonds is 4. The molecule has 1 heterocycles. The predicted molar refractivity (Wildman–Crippen MR) is 61.5 cm³/mol. The van der Waals surface area contributed by atoms with Crippen molar-refractivity contribution >= 4 is 33.6 Å². The van der Waals surface area contributed by atoms with Gasteiger partial charge in [0.25, 0.3) is 0 Å². The lowest BCUT2D eigenvalue weighted by Gasteiger charge is -2.15. The Hall–Kier alpha value is 0.300. The summed E-state index contributed by atoms with van der Waals surface area (Å²) in [5, 5.41) is 1.03. The van der Waals surface area contributed by atoms with Crippen LogP contribution in [0.3, 0.4) is 0 Å². The molecule has 1 aliphatic heterocycles. The molecule has 0 saturated carbocycles. The third-order valence-corrected chi connectivity index (χ3v) is 3.90. The van der Waals surface area contributed by atoms with Crippen LogP contribution in [0.25, 0.3) is 0 Å². The molecule has 0 radical (unpaired) electrons. The second-order valence-electron chi connectivity index (χ2n) is 3.39. The van der Waals surface area contributed by atoms with E-state index in [1.54, 1.807) is 11.8 Å². The van der Waals surface area contributed by atoms with E-state index in [9.17, 15) is 4.79 Å². The highest BCUT2D eigenvalue weighted by Gasteiger charge is 2.24. The molecule has 1 atom stereocenters. The quantitative estimate of drug-likeness (QED) is 0.725. The minimum absolute atomic E-state index is 0.331. The van der Waals surface area contributed by atoms with Crippen molar-refractivity contribution in [1.29, 1.82) is 0 Å². The molecule has 0 bridgehead atoms. The predicted octanol–water partition coefficient (Wildman–Crippen LogP) is 1.98. The molecule has 0 N–H and O–H groups in total. The maximum atomic E-state index is 11.6. The van der Waals surface area contributed by atoms with E-state index < -0.39 is 0 Å². The van der Waals surface area contributed by atoms with Gasteiger partial charge in [-0.2, -0.15) is 11.8 Å². The Kier molecular flexibility index (Phi) is 5.17. The van der Waals surface area contributed by atoms with E-state index in [0.717, 1.165) is 30.6 Å². The number of hydrogen-bond donors (Lipinski definition) is 0. The molecule has 1 saturated heterocycles. The van der Waals surface area contributed by atoms with Gasteiger partial charge in [0.15, 0.2) is 0 Å². The Morgan fingerprint density at radius 1 is 1.69 bits per heavy atom. The Morgan fingerprint density at radius 2 is 2.46 bits per heavy atom. The number of thioether (sulfide) groups is 1. The van der Waals surface area contributed by atoms with E-state index in [1.165, 1.54) is 0 Å². The van der Waals surface area contributed by atoms with Crippen molar-refractivity contribution in [1.82, 2.24) is 4.90 Å². The van der Waals surface area contributed by atoms with Crippen molar-refractivity contribution in [3.8, 4) is 0 Å². The van der Waals surface area contributed by atoms with Gasteiger partial charge in [0.05, 0.1) is 0 Å². The van der Waals surface area contributed by atoms with Crippen LogP contribution < -0.4 is 0 Å². The van der Waals surface area contributed by atoms with Gasteiger partial charge >= 0.3 is 0 Å². The fraction of sp³-hybridized carbons (Fsp3) is 0.889. The number of halogens is 1. The van der Waals surface area contributed by atoms with Gasteiger partial charge in [-0.3, -0.25) is 4.79 Å². The molecule has 0 spiro atoms. The molecule has 13 heavy (non-hydrogen) atoms. The maximum absolute atomic E-state index is 11.6. The van der Waals surface area contributed by atoms with Crippen molar-refractivity contribution in [2.45, 2.75) is 12.8 Å². The number of alkyl halides is 1. The average Bonchev–Trinajstić information content (AvgIpc) is 2.62. The highest BCUT2D eigenvalue weighted by molar-refractivity contribution is 9.09. The zero-order valence-corrected chi connectivity index (χ0v) is 10.4. The van der Waals surface area contributed by atoms with E-state index in [4.69, 9.17) is 0 Å². The van der Waals surface area contributed by atoms with Crippen LogP contribution in [0.4, 0.5) is 0 Å². The fourth-order valence-electron chi connectivity index (χ4n) is 1.53. The SMILES string of the molecule is CSCCC(=O)N1CCC(CBr)C1. The first-order valence-electron chi connectivity index (χ1n) is 4.60. The van der Waals surface area contributed by atoms with Crippen LogP contribution in [0.2, 0.25) is 0 Å². The van der Waals surface area contributed by atoms with Crippen molar-refractivity contribution in [2.24, 2.45) is 5.92 Å². The zero-order valence-electron chi connectivity index (χ0n) is 7.96. The van der Waals surface area contributed by atoms with Gasteiger partial charge in [-0.1, -0.05) is 15.9 Å². The molecule has 1 unspecified atom stereocenters. The molecule has 4 heteroatoms. The number of carbonyl (C=O) groups is 1. The normalized spacial score (nSPS) is 22.3. The number of hydrogen-bond acceptors (Lipinski definition) is 2. The lowest BCUT2D eigenvalue weighted by molar-refractivity contribution is -0.129. The molecule has 1 amide bonds. The van der Waals surface area contributed by atoms with Crippen LogP contribution in [0.1, 0.15) is 12.8 Å². The van der Waals surface area contributed by atoms with Crippen molar-refractivity contribution < 1.29 is 4.79 Å². The van der Waals surface area contributed by atoms with E-state index >= 15 is 0 Å². The number of likely N-dealkylation sites (tertiary alicyclic amines) is 1. The summed E-state index contributed by atoms with van der Waals surface area (Å²) in [6.07, 6.45) is 3.91. The lowest BCUT2D eigenvalue weighted by Crippen LogP contribution is -2.29. The van der Waals surface area contributed by atoms with E-state index in [-0.39, 0.29) is 0 Å². The highest BCUT2D eigenvalue weighted by Crippen LogP contribution is 2.18. The largest absolute Gasteiger partial charge is 0.342 e. The van der Waals surface area contributed by atoms with Crippen molar-refractivity contribution in [3.63, 3.8) is 0 Å². The van der Waals surface area contributed by atoms with E-state index in [1.807, 2.05) is 11.2 Å². The molecule has 1 aliphatic rings. The summed E-state index contributed by atoms with van der Waals surface area (Å²) < 4.78 is 0. The minimum Gasteiger partial charge on any atom is -0.342 e. The van der Waals surface area contributed by atoms with Gasteiger partial charge < -0.3 is 4.90 Å². The van der Waals surface area contributed by atoms with E-state index in [0.29, 0.717) is 18.2 Å². The zero-order chi connectivity index (χ0) is 9.68. The fourth-order valence-corrected chi connectivity index (χ4v) is 2.44. The molecule has 0 aromatic heterocycles.